The summed E-state index contributed by atoms with van der Waals surface area (Å²) in [6, 6.07) is 7.81. The second kappa shape index (κ2) is 10.7. The maximum Gasteiger partial charge on any atom is 0.481 e. The lowest BCUT2D eigenvalue weighted by atomic mass is 9.43. The Bertz CT molecular complexity index is 905. The number of nitrogens with two attached hydrogens (primary N) is 1. The Hall–Kier alpha value is -1.81. The summed E-state index contributed by atoms with van der Waals surface area (Å²) in [5.41, 5.74) is 6.70. The fourth-order valence-corrected chi connectivity index (χ4v) is 6.10. The number of amides is 3. The summed E-state index contributed by atoms with van der Waals surface area (Å²) in [4.78, 5) is 25.0. The normalized spacial score (nSPS) is 29.8. The molecule has 1 aliphatic heterocycles. The molecule has 10 heteroatoms. The van der Waals surface area contributed by atoms with Gasteiger partial charge in [-0.2, -0.15) is 0 Å². The Morgan fingerprint density at radius 2 is 1.86 bits per heavy atom. The molecule has 1 heterocycles. The van der Waals surface area contributed by atoms with Crippen LogP contribution in [-0.4, -0.2) is 49.3 Å². The highest BCUT2D eigenvalue weighted by molar-refractivity contribution is 6.47. The van der Waals surface area contributed by atoms with Gasteiger partial charge in [-0.15, -0.1) is 12.4 Å². The number of benzene rings is 1. The molecule has 3 saturated carbocycles. The number of rotatable bonds is 8. The number of halogens is 1. The smallest absolute Gasteiger partial charge is 0.404 e. The van der Waals surface area contributed by atoms with Crippen LogP contribution in [0, 0.1) is 23.2 Å². The van der Waals surface area contributed by atoms with Gasteiger partial charge in [0.15, 0.2) is 0 Å². The summed E-state index contributed by atoms with van der Waals surface area (Å²) in [5, 5.41) is 8.44. The van der Waals surface area contributed by atoms with Crippen molar-refractivity contribution in [3.63, 3.8) is 0 Å². The zero-order valence-electron chi connectivity index (χ0n) is 21.4. The number of hydrogen-bond donors (Lipinski definition) is 4. The van der Waals surface area contributed by atoms with E-state index in [0.29, 0.717) is 29.9 Å². The first kappa shape index (κ1) is 27.8. The fraction of sp³-hybridized carbons (Fsp3) is 0.680. The summed E-state index contributed by atoms with van der Waals surface area (Å²) in [6.45, 7) is 11.1. The molecule has 5 rings (SSSR count). The lowest BCUT2D eigenvalue weighted by molar-refractivity contribution is -0.199. The van der Waals surface area contributed by atoms with E-state index in [1.807, 2.05) is 18.2 Å². The molecule has 4 aliphatic rings. The van der Waals surface area contributed by atoms with Crippen molar-refractivity contribution in [2.75, 3.05) is 11.9 Å². The van der Waals surface area contributed by atoms with Crippen molar-refractivity contribution >= 4 is 37.2 Å². The molecule has 1 aromatic carbocycles. The van der Waals surface area contributed by atoms with Crippen LogP contribution in [-0.2, 0) is 14.1 Å². The molecule has 3 amide bonds. The Morgan fingerprint density at radius 1 is 1.17 bits per heavy atom. The Labute approximate surface area is 215 Å². The highest BCUT2D eigenvalue weighted by atomic mass is 35.5. The SMILES string of the molecule is CC(C)C[C@H](NC(=O)[C@@H](N)CNC(=O)Nc1ccccc1)B1O[C@@H]2C[C@@H]3C[C@@H](C3(C)C)[C@]2(C)O1.Cl. The lowest BCUT2D eigenvalue weighted by Gasteiger charge is -2.64. The summed E-state index contributed by atoms with van der Waals surface area (Å²) in [7, 11) is -0.502. The molecule has 1 saturated heterocycles. The van der Waals surface area contributed by atoms with Gasteiger partial charge in [0, 0.05) is 12.2 Å². The van der Waals surface area contributed by atoms with Crippen LogP contribution in [0.4, 0.5) is 10.5 Å². The number of nitrogens with one attached hydrogen (secondary N) is 3. The molecule has 35 heavy (non-hydrogen) atoms. The van der Waals surface area contributed by atoms with E-state index < -0.39 is 19.2 Å². The van der Waals surface area contributed by atoms with Gasteiger partial charge in [0.25, 0.3) is 0 Å². The van der Waals surface area contributed by atoms with E-state index in [9.17, 15) is 9.59 Å². The van der Waals surface area contributed by atoms with E-state index in [0.717, 1.165) is 6.42 Å². The van der Waals surface area contributed by atoms with Gasteiger partial charge in [0.05, 0.1) is 17.6 Å². The van der Waals surface area contributed by atoms with E-state index in [-0.39, 0.29) is 47.9 Å². The summed E-state index contributed by atoms with van der Waals surface area (Å²) < 4.78 is 13.0. The van der Waals surface area contributed by atoms with Crippen LogP contribution in [0.1, 0.15) is 53.9 Å². The third-order valence-electron chi connectivity index (χ3n) is 8.20. The maximum absolute atomic E-state index is 12.9. The number of hydrogen-bond acceptors (Lipinski definition) is 5. The van der Waals surface area contributed by atoms with Crippen LogP contribution in [0.25, 0.3) is 0 Å². The first-order valence-electron chi connectivity index (χ1n) is 12.5. The van der Waals surface area contributed by atoms with E-state index in [1.54, 1.807) is 12.1 Å². The lowest BCUT2D eigenvalue weighted by Crippen LogP contribution is -2.65. The van der Waals surface area contributed by atoms with Crippen LogP contribution in [0.2, 0.25) is 0 Å². The number of para-hydroxylation sites is 1. The van der Waals surface area contributed by atoms with Gasteiger partial charge in [-0.05, 0) is 61.5 Å². The summed E-state index contributed by atoms with van der Waals surface area (Å²) >= 11 is 0. The second-order valence-electron chi connectivity index (χ2n) is 11.4. The Kier molecular flexibility index (Phi) is 8.47. The van der Waals surface area contributed by atoms with Gasteiger partial charge < -0.3 is 31.0 Å². The van der Waals surface area contributed by atoms with Gasteiger partial charge in [-0.1, -0.05) is 45.9 Å². The van der Waals surface area contributed by atoms with Gasteiger partial charge >= 0.3 is 13.1 Å². The van der Waals surface area contributed by atoms with Gasteiger partial charge in [-0.25, -0.2) is 4.79 Å². The fourth-order valence-electron chi connectivity index (χ4n) is 6.10. The van der Waals surface area contributed by atoms with Crippen LogP contribution in [0.5, 0.6) is 0 Å². The van der Waals surface area contributed by atoms with E-state index >= 15 is 0 Å². The van der Waals surface area contributed by atoms with E-state index in [4.69, 9.17) is 15.0 Å². The van der Waals surface area contributed by atoms with E-state index in [2.05, 4.69) is 50.6 Å². The molecular formula is C25H40BClN4O4. The molecule has 0 aromatic heterocycles. The Morgan fingerprint density at radius 3 is 2.49 bits per heavy atom. The molecule has 0 radical (unpaired) electrons. The van der Waals surface area contributed by atoms with Crippen molar-refractivity contribution in [3.8, 4) is 0 Å². The van der Waals surface area contributed by atoms with Crippen molar-refractivity contribution in [1.82, 2.24) is 10.6 Å². The maximum atomic E-state index is 12.9. The van der Waals surface area contributed by atoms with Crippen LogP contribution >= 0.6 is 12.4 Å². The Balaban J connectivity index is 0.00000342. The molecule has 3 aliphatic carbocycles. The molecule has 2 bridgehead atoms. The largest absolute Gasteiger partial charge is 0.481 e. The predicted octanol–water partition coefficient (Wildman–Crippen LogP) is 3.36. The molecule has 0 unspecified atom stereocenters. The minimum atomic E-state index is -0.887. The first-order chi connectivity index (χ1) is 16.0. The minimum absolute atomic E-state index is 0. The molecule has 0 spiro atoms. The van der Waals surface area contributed by atoms with Gasteiger partial charge in [-0.3, -0.25) is 4.79 Å². The minimum Gasteiger partial charge on any atom is -0.404 e. The standard InChI is InChI=1S/C25H39BN4O4.ClH/c1-15(2)11-21(26-33-20-13-16-12-19(24(16,3)4)25(20,5)34-26)30-22(31)18(27)14-28-23(32)29-17-9-7-6-8-10-17;/h6-10,15-16,18-21H,11-14,27H2,1-5H3,(H,30,31)(H2,28,29,32);1H/t16-,18-,19-,20+,21-,25-;/m0./s1. The molecule has 1 aromatic rings. The molecule has 194 valence electrons. The van der Waals surface area contributed by atoms with Gasteiger partial charge in [0.2, 0.25) is 5.91 Å². The number of anilines is 1. The van der Waals surface area contributed by atoms with Crippen LogP contribution in [0.3, 0.4) is 0 Å². The summed E-state index contributed by atoms with van der Waals surface area (Å²) in [5.74, 6) is 0.822. The van der Waals surface area contributed by atoms with Crippen molar-refractivity contribution in [2.45, 2.75) is 77.6 Å². The first-order valence-corrected chi connectivity index (χ1v) is 12.5. The quantitative estimate of drug-likeness (QED) is 0.404. The average molecular weight is 507 g/mol. The van der Waals surface area contributed by atoms with Crippen molar-refractivity contribution in [3.05, 3.63) is 30.3 Å². The van der Waals surface area contributed by atoms with Crippen LogP contribution in [0.15, 0.2) is 30.3 Å². The predicted molar refractivity (Wildman–Crippen MR) is 140 cm³/mol. The highest BCUT2D eigenvalue weighted by Crippen LogP contribution is 2.65. The molecule has 4 fully saturated rings. The van der Waals surface area contributed by atoms with Crippen molar-refractivity contribution in [2.24, 2.45) is 28.9 Å². The number of carbonyl (C=O) groups is 2. The van der Waals surface area contributed by atoms with E-state index in [1.165, 1.54) is 6.42 Å². The van der Waals surface area contributed by atoms with Crippen molar-refractivity contribution < 1.29 is 18.9 Å². The number of urea groups is 1. The molecule has 6 atom stereocenters. The molecule has 8 nitrogen and oxygen atoms in total. The van der Waals surface area contributed by atoms with Crippen molar-refractivity contribution in [1.29, 1.82) is 0 Å². The topological polar surface area (TPSA) is 115 Å². The zero-order valence-corrected chi connectivity index (χ0v) is 22.2. The van der Waals surface area contributed by atoms with Gasteiger partial charge in [0.1, 0.15) is 6.04 Å². The molecule has 5 N–H and O–H groups in total. The summed E-state index contributed by atoms with van der Waals surface area (Å²) in [6.07, 6.45) is 2.95. The zero-order chi connectivity index (χ0) is 24.7. The third-order valence-corrected chi connectivity index (χ3v) is 8.20. The number of carbonyl (C=O) groups excluding carboxylic acids is 2. The second-order valence-corrected chi connectivity index (χ2v) is 11.4. The monoisotopic (exact) mass is 506 g/mol. The van der Waals surface area contributed by atoms with Crippen LogP contribution < -0.4 is 21.7 Å². The molecular weight excluding hydrogens is 467 g/mol. The average Bonchev–Trinajstić information content (AvgIpc) is 3.14. The highest BCUT2D eigenvalue weighted by Gasteiger charge is 2.68. The third kappa shape index (κ3) is 5.63.